The lowest BCUT2D eigenvalue weighted by Crippen LogP contribution is -2.19. The molecule has 0 radical (unpaired) electrons. The summed E-state index contributed by atoms with van der Waals surface area (Å²) in [5, 5.41) is 10.7. The zero-order chi connectivity index (χ0) is 17.3. The summed E-state index contributed by atoms with van der Waals surface area (Å²) in [6.07, 6.45) is -10.9. The predicted molar refractivity (Wildman–Crippen MR) is 59.1 cm³/mol. The van der Waals surface area contributed by atoms with E-state index >= 15 is 0 Å². The molecule has 11 heteroatoms. The first-order chi connectivity index (χ1) is 9.89. The molecule has 0 heterocycles. The number of carbonyl (C=O) groups excluding carboxylic acids is 1. The Hall–Kier alpha value is -2.33. The maximum Gasteiger partial charge on any atom is 0.417 e. The number of halogens is 6. The van der Waals surface area contributed by atoms with Crippen LogP contribution in [-0.4, -0.2) is 17.5 Å². The van der Waals surface area contributed by atoms with Gasteiger partial charge in [-0.2, -0.15) is 26.3 Å². The first-order valence-electron chi connectivity index (χ1n) is 5.53. The van der Waals surface area contributed by atoms with Crippen LogP contribution in [0.4, 0.5) is 32.0 Å². The van der Waals surface area contributed by atoms with Crippen molar-refractivity contribution >= 4 is 11.7 Å². The quantitative estimate of drug-likeness (QED) is 0.365. The third kappa shape index (κ3) is 3.65. The molecule has 5 nitrogen and oxygen atoms in total. The van der Waals surface area contributed by atoms with Gasteiger partial charge < -0.3 is 4.74 Å². The Bertz CT molecular complexity index is 608. The van der Waals surface area contributed by atoms with Crippen LogP contribution in [0.25, 0.3) is 0 Å². The van der Waals surface area contributed by atoms with Gasteiger partial charge in [0.2, 0.25) is 0 Å². The third-order valence-corrected chi connectivity index (χ3v) is 2.44. The number of esters is 1. The van der Waals surface area contributed by atoms with Crippen molar-refractivity contribution in [2.45, 2.75) is 19.3 Å². The van der Waals surface area contributed by atoms with E-state index in [4.69, 9.17) is 0 Å². The SMILES string of the molecule is CCOC(=O)c1cc(C(F)(F)F)c(C(F)(F)F)cc1[N+](=O)[O-]. The average Bonchev–Trinajstić information content (AvgIpc) is 2.35. The fourth-order valence-corrected chi connectivity index (χ4v) is 1.58. The molecule has 0 aliphatic heterocycles. The van der Waals surface area contributed by atoms with Crippen LogP contribution in [0.5, 0.6) is 0 Å². The van der Waals surface area contributed by atoms with Gasteiger partial charge in [-0.3, -0.25) is 10.1 Å². The second kappa shape index (κ2) is 5.81. The highest BCUT2D eigenvalue weighted by Crippen LogP contribution is 2.43. The van der Waals surface area contributed by atoms with Gasteiger partial charge in [0.1, 0.15) is 5.56 Å². The van der Waals surface area contributed by atoms with Gasteiger partial charge in [-0.1, -0.05) is 0 Å². The second-order valence-corrected chi connectivity index (χ2v) is 3.89. The summed E-state index contributed by atoms with van der Waals surface area (Å²) in [7, 11) is 0. The lowest BCUT2D eigenvalue weighted by Gasteiger charge is -2.16. The maximum absolute atomic E-state index is 12.7. The number of nitrogens with zero attached hydrogens (tertiary/aromatic N) is 1. The van der Waals surface area contributed by atoms with E-state index in [1.807, 2.05) is 0 Å². The molecule has 0 fully saturated rings. The van der Waals surface area contributed by atoms with Crippen molar-refractivity contribution in [3.63, 3.8) is 0 Å². The van der Waals surface area contributed by atoms with Gasteiger partial charge in [-0.25, -0.2) is 4.79 Å². The molecule has 0 bridgehead atoms. The highest BCUT2D eigenvalue weighted by molar-refractivity contribution is 5.94. The van der Waals surface area contributed by atoms with Gasteiger partial charge in [-0.05, 0) is 13.0 Å². The minimum absolute atomic E-state index is 0.223. The molecule has 0 aliphatic carbocycles. The van der Waals surface area contributed by atoms with Crippen LogP contribution in [0.1, 0.15) is 28.4 Å². The normalized spacial score (nSPS) is 12.1. The standard InChI is InChI=1S/C11H7F6NO4/c1-2-22-9(19)5-3-6(10(12,13)14)7(11(15,16)17)4-8(5)18(20)21/h3-4H,2H2,1H3. The van der Waals surface area contributed by atoms with E-state index < -0.39 is 45.6 Å². The Kier molecular flexibility index (Phi) is 4.68. The topological polar surface area (TPSA) is 69.4 Å². The Morgan fingerprint density at radius 3 is 1.95 bits per heavy atom. The highest BCUT2D eigenvalue weighted by atomic mass is 19.4. The number of nitro groups is 1. The Balaban J connectivity index is 3.73. The van der Waals surface area contributed by atoms with Crippen LogP contribution in [0.3, 0.4) is 0 Å². The van der Waals surface area contributed by atoms with Crippen molar-refractivity contribution in [2.24, 2.45) is 0 Å². The predicted octanol–water partition coefficient (Wildman–Crippen LogP) is 3.81. The van der Waals surface area contributed by atoms with E-state index in [2.05, 4.69) is 4.74 Å². The molecule has 0 aromatic heterocycles. The molecule has 0 amide bonds. The number of ether oxygens (including phenoxy) is 1. The molecular weight excluding hydrogens is 324 g/mol. The van der Waals surface area contributed by atoms with E-state index in [1.54, 1.807) is 0 Å². The summed E-state index contributed by atoms with van der Waals surface area (Å²) in [6, 6.07) is -0.548. The zero-order valence-corrected chi connectivity index (χ0v) is 10.7. The van der Waals surface area contributed by atoms with Crippen LogP contribution < -0.4 is 0 Å². The van der Waals surface area contributed by atoms with Crippen LogP contribution >= 0.6 is 0 Å². The van der Waals surface area contributed by atoms with Crippen molar-refractivity contribution in [1.82, 2.24) is 0 Å². The Morgan fingerprint density at radius 1 is 1.14 bits per heavy atom. The largest absolute Gasteiger partial charge is 0.462 e. The minimum Gasteiger partial charge on any atom is -0.462 e. The van der Waals surface area contributed by atoms with Crippen molar-refractivity contribution in [3.8, 4) is 0 Å². The molecule has 0 spiro atoms. The van der Waals surface area contributed by atoms with Gasteiger partial charge in [0, 0.05) is 6.07 Å². The summed E-state index contributed by atoms with van der Waals surface area (Å²) >= 11 is 0. The number of alkyl halides is 6. The van der Waals surface area contributed by atoms with Crippen LogP contribution in [0.15, 0.2) is 12.1 Å². The fourth-order valence-electron chi connectivity index (χ4n) is 1.58. The zero-order valence-electron chi connectivity index (χ0n) is 10.7. The number of benzene rings is 1. The molecule has 0 N–H and O–H groups in total. The molecule has 1 rings (SSSR count). The summed E-state index contributed by atoms with van der Waals surface area (Å²) in [4.78, 5) is 20.8. The smallest absolute Gasteiger partial charge is 0.417 e. The van der Waals surface area contributed by atoms with Crippen LogP contribution in [0.2, 0.25) is 0 Å². The fraction of sp³-hybridized carbons (Fsp3) is 0.364. The van der Waals surface area contributed by atoms with Crippen molar-refractivity contribution < 1.29 is 40.8 Å². The molecule has 0 aliphatic rings. The summed E-state index contributed by atoms with van der Waals surface area (Å²) < 4.78 is 80.5. The highest BCUT2D eigenvalue weighted by Gasteiger charge is 2.45. The summed E-state index contributed by atoms with van der Waals surface area (Å²) in [5.41, 5.74) is -7.07. The van der Waals surface area contributed by atoms with E-state index in [0.29, 0.717) is 0 Å². The van der Waals surface area contributed by atoms with E-state index in [0.717, 1.165) is 0 Å². The van der Waals surface area contributed by atoms with Crippen LogP contribution in [-0.2, 0) is 17.1 Å². The van der Waals surface area contributed by atoms with Gasteiger partial charge in [0.25, 0.3) is 5.69 Å². The first kappa shape index (κ1) is 17.7. The molecule has 22 heavy (non-hydrogen) atoms. The molecule has 0 saturated carbocycles. The first-order valence-corrected chi connectivity index (χ1v) is 5.53. The van der Waals surface area contributed by atoms with E-state index in [1.165, 1.54) is 6.92 Å². The van der Waals surface area contributed by atoms with E-state index in [-0.39, 0.29) is 18.7 Å². The molecule has 0 unspecified atom stereocenters. The lowest BCUT2D eigenvalue weighted by molar-refractivity contribution is -0.385. The van der Waals surface area contributed by atoms with Gasteiger partial charge in [-0.15, -0.1) is 0 Å². The second-order valence-electron chi connectivity index (χ2n) is 3.89. The Morgan fingerprint density at radius 2 is 1.59 bits per heavy atom. The molecular formula is C11H7F6NO4. The van der Waals surface area contributed by atoms with E-state index in [9.17, 15) is 41.3 Å². The molecule has 1 aromatic carbocycles. The van der Waals surface area contributed by atoms with Gasteiger partial charge in [0.05, 0.1) is 22.7 Å². The van der Waals surface area contributed by atoms with Gasteiger partial charge in [0.15, 0.2) is 0 Å². The van der Waals surface area contributed by atoms with Crippen molar-refractivity contribution in [1.29, 1.82) is 0 Å². The van der Waals surface area contributed by atoms with Crippen molar-refractivity contribution in [2.75, 3.05) is 6.61 Å². The number of hydrogen-bond donors (Lipinski definition) is 0. The monoisotopic (exact) mass is 331 g/mol. The van der Waals surface area contributed by atoms with Gasteiger partial charge >= 0.3 is 18.3 Å². The summed E-state index contributed by atoms with van der Waals surface area (Å²) in [6.45, 7) is 0.955. The molecule has 1 aromatic rings. The molecule has 122 valence electrons. The Labute approximate surface area is 118 Å². The number of nitro benzene ring substituents is 1. The molecule has 0 atom stereocenters. The lowest BCUT2D eigenvalue weighted by atomic mass is 10.0. The van der Waals surface area contributed by atoms with Crippen LogP contribution in [0, 0.1) is 10.1 Å². The summed E-state index contributed by atoms with van der Waals surface area (Å²) in [5.74, 6) is -1.52. The van der Waals surface area contributed by atoms with Crippen molar-refractivity contribution in [3.05, 3.63) is 38.9 Å². The number of carbonyl (C=O) groups is 1. The number of rotatable bonds is 3. The minimum atomic E-state index is -5.48. The third-order valence-electron chi connectivity index (χ3n) is 2.44. The number of hydrogen-bond acceptors (Lipinski definition) is 4. The maximum atomic E-state index is 12.7. The molecule has 0 saturated heterocycles. The average molecular weight is 331 g/mol.